The molecule has 0 aromatic carbocycles. The summed E-state index contributed by atoms with van der Waals surface area (Å²) in [7, 11) is 1.78. The van der Waals surface area contributed by atoms with Crippen LogP contribution in [0.5, 0.6) is 0 Å². The van der Waals surface area contributed by atoms with Crippen molar-refractivity contribution in [3.05, 3.63) is 0 Å². The monoisotopic (exact) mass is 298 g/mol. The molecule has 1 atom stereocenters. The van der Waals surface area contributed by atoms with Crippen molar-refractivity contribution in [3.63, 3.8) is 0 Å². The molecule has 5 nitrogen and oxygen atoms in total. The van der Waals surface area contributed by atoms with Crippen LogP contribution >= 0.6 is 0 Å². The Labute approximate surface area is 130 Å². The van der Waals surface area contributed by atoms with Crippen molar-refractivity contribution in [1.29, 1.82) is 0 Å². The summed E-state index contributed by atoms with van der Waals surface area (Å²) in [5, 5.41) is 3.42. The molecule has 0 aliphatic carbocycles. The van der Waals surface area contributed by atoms with Gasteiger partial charge in [-0.1, -0.05) is 6.92 Å². The molecule has 1 fully saturated rings. The molecular formula is C16H34N4O. The summed E-state index contributed by atoms with van der Waals surface area (Å²) in [6, 6.07) is 0.589. The fourth-order valence-corrected chi connectivity index (χ4v) is 2.89. The Hall–Kier alpha value is -0.810. The van der Waals surface area contributed by atoms with Crippen LogP contribution < -0.4 is 5.32 Å². The van der Waals surface area contributed by atoms with E-state index in [2.05, 4.69) is 42.8 Å². The molecule has 0 radical (unpaired) electrons. The molecule has 124 valence electrons. The van der Waals surface area contributed by atoms with Crippen LogP contribution in [0.25, 0.3) is 0 Å². The SMILES string of the molecule is CCNC(=NCCN(CC)C(C)C)N1CCC(COC)C1. The van der Waals surface area contributed by atoms with Gasteiger partial charge in [-0.05, 0) is 33.7 Å². The first-order chi connectivity index (χ1) is 10.1. The van der Waals surface area contributed by atoms with E-state index < -0.39 is 0 Å². The lowest BCUT2D eigenvalue weighted by Gasteiger charge is -2.25. The van der Waals surface area contributed by atoms with Crippen LogP contribution in [0.4, 0.5) is 0 Å². The van der Waals surface area contributed by atoms with Crippen LogP contribution in [-0.4, -0.2) is 74.8 Å². The number of hydrogen-bond acceptors (Lipinski definition) is 3. The maximum atomic E-state index is 5.27. The number of nitrogens with one attached hydrogen (secondary N) is 1. The summed E-state index contributed by atoms with van der Waals surface area (Å²) in [6.07, 6.45) is 1.20. The third-order valence-corrected chi connectivity index (χ3v) is 4.11. The second-order valence-electron chi connectivity index (χ2n) is 6.01. The second kappa shape index (κ2) is 10.0. The van der Waals surface area contributed by atoms with Gasteiger partial charge in [0.15, 0.2) is 5.96 Å². The molecule has 1 heterocycles. The number of rotatable bonds is 8. The molecule has 1 unspecified atom stereocenters. The van der Waals surface area contributed by atoms with Gasteiger partial charge in [-0.15, -0.1) is 0 Å². The molecule has 21 heavy (non-hydrogen) atoms. The van der Waals surface area contributed by atoms with Crippen molar-refractivity contribution in [1.82, 2.24) is 15.1 Å². The van der Waals surface area contributed by atoms with E-state index >= 15 is 0 Å². The number of ether oxygens (including phenoxy) is 1. The van der Waals surface area contributed by atoms with Gasteiger partial charge in [-0.3, -0.25) is 9.89 Å². The standard InChI is InChI=1S/C16H34N4O/c1-6-17-16(18-9-11-19(7-2)14(3)4)20-10-8-15(12-20)13-21-5/h14-15H,6-13H2,1-5H3,(H,17,18). The summed E-state index contributed by atoms with van der Waals surface area (Å²) < 4.78 is 5.27. The van der Waals surface area contributed by atoms with E-state index in [0.29, 0.717) is 12.0 Å². The fraction of sp³-hybridized carbons (Fsp3) is 0.938. The Balaban J connectivity index is 2.50. The van der Waals surface area contributed by atoms with Crippen molar-refractivity contribution < 1.29 is 4.74 Å². The number of nitrogens with zero attached hydrogens (tertiary/aromatic N) is 3. The molecular weight excluding hydrogens is 264 g/mol. The lowest BCUT2D eigenvalue weighted by Crippen LogP contribution is -2.41. The van der Waals surface area contributed by atoms with Crippen LogP contribution in [0.2, 0.25) is 0 Å². The average Bonchev–Trinajstić information content (AvgIpc) is 2.91. The van der Waals surface area contributed by atoms with E-state index in [9.17, 15) is 0 Å². The highest BCUT2D eigenvalue weighted by atomic mass is 16.5. The number of methoxy groups -OCH3 is 1. The van der Waals surface area contributed by atoms with Gasteiger partial charge in [0.25, 0.3) is 0 Å². The number of hydrogen-bond donors (Lipinski definition) is 1. The first-order valence-corrected chi connectivity index (χ1v) is 8.38. The molecule has 0 saturated carbocycles. The maximum Gasteiger partial charge on any atom is 0.193 e. The maximum absolute atomic E-state index is 5.27. The van der Waals surface area contributed by atoms with E-state index in [1.54, 1.807) is 7.11 Å². The highest BCUT2D eigenvalue weighted by Crippen LogP contribution is 2.16. The topological polar surface area (TPSA) is 40.1 Å². The van der Waals surface area contributed by atoms with E-state index in [1.165, 1.54) is 6.42 Å². The minimum atomic E-state index is 0.589. The van der Waals surface area contributed by atoms with E-state index in [4.69, 9.17) is 9.73 Å². The zero-order valence-electron chi connectivity index (χ0n) is 14.6. The number of aliphatic imine (C=N–C) groups is 1. The molecule has 0 bridgehead atoms. The van der Waals surface area contributed by atoms with E-state index in [-0.39, 0.29) is 0 Å². The van der Waals surface area contributed by atoms with Gasteiger partial charge in [0.05, 0.1) is 13.2 Å². The van der Waals surface area contributed by atoms with Crippen molar-refractivity contribution in [2.75, 3.05) is 53.0 Å². The Kier molecular flexibility index (Phi) is 8.69. The van der Waals surface area contributed by atoms with Crippen LogP contribution in [0, 0.1) is 5.92 Å². The van der Waals surface area contributed by atoms with Gasteiger partial charge in [-0.2, -0.15) is 0 Å². The van der Waals surface area contributed by atoms with Gasteiger partial charge in [0.2, 0.25) is 0 Å². The molecule has 1 N–H and O–H groups in total. The summed E-state index contributed by atoms with van der Waals surface area (Å²) in [5.74, 6) is 1.71. The Morgan fingerprint density at radius 3 is 2.76 bits per heavy atom. The molecule has 5 heteroatoms. The van der Waals surface area contributed by atoms with Crippen molar-refractivity contribution in [3.8, 4) is 0 Å². The zero-order valence-corrected chi connectivity index (χ0v) is 14.6. The summed E-state index contributed by atoms with van der Waals surface area (Å²) in [5.41, 5.74) is 0. The molecule has 1 rings (SSSR count). The van der Waals surface area contributed by atoms with Crippen molar-refractivity contribution in [2.24, 2.45) is 10.9 Å². The third kappa shape index (κ3) is 6.22. The predicted molar refractivity (Wildman–Crippen MR) is 89.9 cm³/mol. The number of likely N-dealkylation sites (N-methyl/N-ethyl adjacent to an activating group) is 1. The highest BCUT2D eigenvalue weighted by Gasteiger charge is 2.24. The Morgan fingerprint density at radius 2 is 2.19 bits per heavy atom. The predicted octanol–water partition coefficient (Wildman–Crippen LogP) is 1.65. The lowest BCUT2D eigenvalue weighted by molar-refractivity contribution is 0.157. The summed E-state index contributed by atoms with van der Waals surface area (Å²) in [6.45, 7) is 15.7. The fourth-order valence-electron chi connectivity index (χ4n) is 2.89. The van der Waals surface area contributed by atoms with E-state index in [0.717, 1.165) is 51.8 Å². The van der Waals surface area contributed by atoms with Crippen molar-refractivity contribution >= 4 is 5.96 Å². The zero-order chi connectivity index (χ0) is 15.7. The number of guanidine groups is 1. The van der Waals surface area contributed by atoms with Crippen LogP contribution in [0.3, 0.4) is 0 Å². The molecule has 0 amide bonds. The Morgan fingerprint density at radius 1 is 1.43 bits per heavy atom. The third-order valence-electron chi connectivity index (χ3n) is 4.11. The summed E-state index contributed by atoms with van der Waals surface area (Å²) >= 11 is 0. The average molecular weight is 298 g/mol. The molecule has 1 saturated heterocycles. The van der Waals surface area contributed by atoms with Crippen LogP contribution in [-0.2, 0) is 4.74 Å². The molecule has 1 aliphatic heterocycles. The van der Waals surface area contributed by atoms with Gasteiger partial charge >= 0.3 is 0 Å². The first-order valence-electron chi connectivity index (χ1n) is 8.38. The minimum Gasteiger partial charge on any atom is -0.384 e. The second-order valence-corrected chi connectivity index (χ2v) is 6.01. The van der Waals surface area contributed by atoms with Gasteiger partial charge in [-0.25, -0.2) is 0 Å². The largest absolute Gasteiger partial charge is 0.384 e. The van der Waals surface area contributed by atoms with Crippen LogP contribution in [0.15, 0.2) is 4.99 Å². The van der Waals surface area contributed by atoms with Crippen molar-refractivity contribution in [2.45, 2.75) is 40.2 Å². The van der Waals surface area contributed by atoms with E-state index in [1.807, 2.05) is 0 Å². The van der Waals surface area contributed by atoms with Crippen LogP contribution in [0.1, 0.15) is 34.1 Å². The van der Waals surface area contributed by atoms with Gasteiger partial charge < -0.3 is 15.0 Å². The highest BCUT2D eigenvalue weighted by molar-refractivity contribution is 5.80. The normalized spacial score (nSPS) is 19.9. The first kappa shape index (κ1) is 18.2. The molecule has 0 spiro atoms. The molecule has 1 aliphatic rings. The molecule has 0 aromatic heterocycles. The summed E-state index contributed by atoms with van der Waals surface area (Å²) in [4.78, 5) is 9.63. The minimum absolute atomic E-state index is 0.589. The quantitative estimate of drug-likeness (QED) is 0.546. The van der Waals surface area contributed by atoms with Gasteiger partial charge in [0, 0.05) is 45.2 Å². The lowest BCUT2D eigenvalue weighted by atomic mass is 10.1. The Bertz CT molecular complexity index is 307. The smallest absolute Gasteiger partial charge is 0.193 e. The van der Waals surface area contributed by atoms with Gasteiger partial charge in [0.1, 0.15) is 0 Å². The molecule has 0 aromatic rings. The number of likely N-dealkylation sites (tertiary alicyclic amines) is 1.